The predicted octanol–water partition coefficient (Wildman–Crippen LogP) is 2.14. The molecule has 0 radical (unpaired) electrons. The summed E-state index contributed by atoms with van der Waals surface area (Å²) in [6.45, 7) is 7.76. The van der Waals surface area contributed by atoms with Crippen molar-refractivity contribution in [2.45, 2.75) is 27.7 Å². The van der Waals surface area contributed by atoms with Gasteiger partial charge in [0.25, 0.3) is 0 Å². The van der Waals surface area contributed by atoms with Gasteiger partial charge in [0.05, 0.1) is 13.7 Å². The quantitative estimate of drug-likeness (QED) is 0.243. The molecular weight excluding hydrogens is 246 g/mol. The molecule has 0 saturated heterocycles. The fourth-order valence-corrected chi connectivity index (χ4v) is 0.999. The van der Waals surface area contributed by atoms with Crippen LogP contribution < -0.4 is 0 Å². The van der Waals surface area contributed by atoms with E-state index in [0.717, 1.165) is 5.70 Å². The summed E-state index contributed by atoms with van der Waals surface area (Å²) in [6, 6.07) is 0. The minimum atomic E-state index is -0.572. The molecule has 0 aliphatic heterocycles. The molecule has 0 rings (SSSR count). The van der Waals surface area contributed by atoms with E-state index in [4.69, 9.17) is 9.47 Å². The molecule has 0 aromatic rings. The van der Waals surface area contributed by atoms with E-state index in [0.29, 0.717) is 6.29 Å². The van der Waals surface area contributed by atoms with Crippen molar-refractivity contribution in [3.05, 3.63) is 23.1 Å². The number of rotatable bonds is 6. The van der Waals surface area contributed by atoms with Crippen molar-refractivity contribution in [3.8, 4) is 0 Å². The summed E-state index contributed by atoms with van der Waals surface area (Å²) in [4.78, 5) is 24.3. The minimum absolute atomic E-state index is 0.0374. The van der Waals surface area contributed by atoms with Gasteiger partial charge in [0.2, 0.25) is 0 Å². The van der Waals surface area contributed by atoms with Crippen LogP contribution in [0.2, 0.25) is 0 Å². The summed E-state index contributed by atoms with van der Waals surface area (Å²) in [5.41, 5.74) is 0.931. The minimum Gasteiger partial charge on any atom is -0.492 e. The Balaban J connectivity index is 0. The largest absolute Gasteiger partial charge is 0.492 e. The van der Waals surface area contributed by atoms with Crippen molar-refractivity contribution in [1.82, 2.24) is 4.90 Å². The normalized spacial score (nSPS) is 11.6. The Morgan fingerprint density at radius 3 is 2.11 bits per heavy atom. The third-order valence-electron chi connectivity index (χ3n) is 2.15. The van der Waals surface area contributed by atoms with E-state index >= 15 is 0 Å². The average Bonchev–Trinajstić information content (AvgIpc) is 2.41. The van der Waals surface area contributed by atoms with Crippen molar-refractivity contribution in [2.75, 3.05) is 27.8 Å². The number of ether oxygens (including phenoxy) is 2. The van der Waals surface area contributed by atoms with Crippen molar-refractivity contribution in [3.63, 3.8) is 0 Å². The Kier molecular flexibility index (Phi) is 11.7. The van der Waals surface area contributed by atoms with E-state index in [1.54, 1.807) is 13.0 Å². The Labute approximate surface area is 115 Å². The van der Waals surface area contributed by atoms with Crippen molar-refractivity contribution >= 4 is 12.3 Å². The molecular formula is C14H25NO4. The molecule has 0 aromatic carbocycles. The van der Waals surface area contributed by atoms with E-state index in [2.05, 4.69) is 0 Å². The molecule has 5 heteroatoms. The van der Waals surface area contributed by atoms with Gasteiger partial charge in [0.1, 0.15) is 5.57 Å². The van der Waals surface area contributed by atoms with Crippen LogP contribution in [-0.2, 0) is 19.1 Å². The number of esters is 1. The van der Waals surface area contributed by atoms with Gasteiger partial charge in [0.15, 0.2) is 12.0 Å². The van der Waals surface area contributed by atoms with Crippen LogP contribution >= 0.6 is 0 Å². The summed E-state index contributed by atoms with van der Waals surface area (Å²) in [5.74, 6) is -0.609. The SMILES string of the molecule is CC.CCOC(=O)C(/C=C(/C)N(C)C)=C(/C=O)OC. The second kappa shape index (κ2) is 11.3. The van der Waals surface area contributed by atoms with Gasteiger partial charge in [-0.1, -0.05) is 13.8 Å². The second-order valence-electron chi connectivity index (χ2n) is 3.50. The summed E-state index contributed by atoms with van der Waals surface area (Å²) in [5, 5.41) is 0. The molecule has 0 aliphatic carbocycles. The lowest BCUT2D eigenvalue weighted by molar-refractivity contribution is -0.138. The fraction of sp³-hybridized carbons (Fsp3) is 0.571. The number of nitrogens with zero attached hydrogens (tertiary/aromatic N) is 1. The Morgan fingerprint density at radius 1 is 1.26 bits per heavy atom. The molecule has 110 valence electrons. The molecule has 0 atom stereocenters. The van der Waals surface area contributed by atoms with Crippen molar-refractivity contribution in [2.24, 2.45) is 0 Å². The third-order valence-corrected chi connectivity index (χ3v) is 2.15. The molecule has 0 spiro atoms. The van der Waals surface area contributed by atoms with Crippen molar-refractivity contribution < 1.29 is 19.1 Å². The number of allylic oxidation sites excluding steroid dienone is 2. The zero-order valence-corrected chi connectivity index (χ0v) is 12.9. The van der Waals surface area contributed by atoms with Gasteiger partial charge >= 0.3 is 5.97 Å². The first kappa shape index (κ1) is 19.6. The first-order chi connectivity index (χ1) is 8.97. The Morgan fingerprint density at radius 2 is 1.79 bits per heavy atom. The summed E-state index contributed by atoms with van der Waals surface area (Å²) in [6.07, 6.45) is 2.05. The first-order valence-corrected chi connectivity index (χ1v) is 6.24. The molecule has 19 heavy (non-hydrogen) atoms. The maximum atomic E-state index is 11.7. The fourth-order valence-electron chi connectivity index (χ4n) is 0.999. The average molecular weight is 271 g/mol. The van der Waals surface area contributed by atoms with Crippen LogP contribution in [0.4, 0.5) is 0 Å². The lowest BCUT2D eigenvalue weighted by Gasteiger charge is -2.14. The highest BCUT2D eigenvalue weighted by atomic mass is 16.5. The van der Waals surface area contributed by atoms with Gasteiger partial charge in [-0.05, 0) is 19.9 Å². The van der Waals surface area contributed by atoms with Gasteiger partial charge in [-0.15, -0.1) is 0 Å². The van der Waals surface area contributed by atoms with Crippen LogP contribution in [0.1, 0.15) is 27.7 Å². The Bertz CT molecular complexity index is 343. The molecule has 0 unspecified atom stereocenters. The lowest BCUT2D eigenvalue weighted by Crippen LogP contribution is -2.14. The van der Waals surface area contributed by atoms with Gasteiger partial charge in [-0.25, -0.2) is 4.79 Å². The number of methoxy groups -OCH3 is 1. The summed E-state index contributed by atoms with van der Waals surface area (Å²) in [7, 11) is 5.01. The van der Waals surface area contributed by atoms with E-state index in [-0.39, 0.29) is 17.9 Å². The molecule has 0 saturated carbocycles. The number of hydrogen-bond acceptors (Lipinski definition) is 5. The molecule has 0 heterocycles. The predicted molar refractivity (Wildman–Crippen MR) is 75.5 cm³/mol. The van der Waals surface area contributed by atoms with Crippen molar-refractivity contribution in [1.29, 1.82) is 0 Å². The Hall–Kier alpha value is -1.78. The van der Waals surface area contributed by atoms with Gasteiger partial charge < -0.3 is 14.4 Å². The van der Waals surface area contributed by atoms with Crippen LogP contribution in [-0.4, -0.2) is 45.0 Å². The smallest absolute Gasteiger partial charge is 0.342 e. The molecule has 0 fully saturated rings. The van der Waals surface area contributed by atoms with E-state index in [1.807, 2.05) is 39.8 Å². The summed E-state index contributed by atoms with van der Waals surface area (Å²) < 4.78 is 9.73. The van der Waals surface area contributed by atoms with Crippen LogP contribution in [0, 0.1) is 0 Å². The van der Waals surface area contributed by atoms with Gasteiger partial charge in [0, 0.05) is 19.8 Å². The van der Waals surface area contributed by atoms with Crippen LogP contribution in [0.25, 0.3) is 0 Å². The highest BCUT2D eigenvalue weighted by Crippen LogP contribution is 2.11. The number of carbonyl (C=O) groups is 2. The first-order valence-electron chi connectivity index (χ1n) is 6.24. The highest BCUT2D eigenvalue weighted by Gasteiger charge is 2.15. The summed E-state index contributed by atoms with van der Waals surface area (Å²) >= 11 is 0. The van der Waals surface area contributed by atoms with E-state index in [1.165, 1.54) is 7.11 Å². The molecule has 5 nitrogen and oxygen atoms in total. The molecule has 0 N–H and O–H groups in total. The standard InChI is InChI=1S/C12H19NO4.C2H6/c1-6-17-12(15)10(11(8-14)16-5)7-9(2)13(3)4;1-2/h7-8H,6H2,1-5H3;1-2H3/b9-7-,11-10-;. The van der Waals surface area contributed by atoms with E-state index < -0.39 is 5.97 Å². The van der Waals surface area contributed by atoms with E-state index in [9.17, 15) is 9.59 Å². The topological polar surface area (TPSA) is 55.8 Å². The number of aldehydes is 1. The maximum Gasteiger partial charge on any atom is 0.342 e. The maximum absolute atomic E-state index is 11.7. The van der Waals surface area contributed by atoms with Gasteiger partial charge in [-0.3, -0.25) is 4.79 Å². The zero-order valence-electron chi connectivity index (χ0n) is 12.9. The monoisotopic (exact) mass is 271 g/mol. The van der Waals surface area contributed by atoms with Crippen LogP contribution in [0.3, 0.4) is 0 Å². The van der Waals surface area contributed by atoms with Crippen LogP contribution in [0.15, 0.2) is 23.1 Å². The molecule has 0 amide bonds. The lowest BCUT2D eigenvalue weighted by atomic mass is 10.2. The molecule has 0 aliphatic rings. The van der Waals surface area contributed by atoms with Crippen LogP contribution in [0.5, 0.6) is 0 Å². The van der Waals surface area contributed by atoms with Gasteiger partial charge in [-0.2, -0.15) is 0 Å². The number of hydrogen-bond donors (Lipinski definition) is 0. The number of carbonyl (C=O) groups excluding carboxylic acids is 2. The molecule has 0 bridgehead atoms. The molecule has 0 aromatic heterocycles. The zero-order chi connectivity index (χ0) is 15.4. The highest BCUT2D eigenvalue weighted by molar-refractivity contribution is 5.97. The second-order valence-corrected chi connectivity index (χ2v) is 3.50. The third kappa shape index (κ3) is 7.28.